The number of pyridine rings is 1. The zero-order chi connectivity index (χ0) is 20.8. The Kier molecular flexibility index (Phi) is 6.19. The second-order valence-corrected chi connectivity index (χ2v) is 6.46. The first-order valence-corrected chi connectivity index (χ1v) is 9.04. The minimum atomic E-state index is -0.617. The number of anilines is 2. The van der Waals surface area contributed by atoms with E-state index in [1.54, 1.807) is 30.3 Å². The third-order valence-corrected chi connectivity index (χ3v) is 3.83. The fraction of sp³-hybridized carbons (Fsp3) is 0.136. The number of halogens is 1. The third kappa shape index (κ3) is 5.16. The van der Waals surface area contributed by atoms with Crippen molar-refractivity contribution in [2.45, 2.75) is 20.0 Å². The van der Waals surface area contributed by atoms with E-state index in [0.717, 1.165) is 0 Å². The van der Waals surface area contributed by atoms with E-state index in [1.807, 2.05) is 13.8 Å². The van der Waals surface area contributed by atoms with Crippen LogP contribution in [-0.4, -0.2) is 22.9 Å². The maximum Gasteiger partial charge on any atom is 0.274 e. The molecular weight excluding hydrogens is 373 g/mol. The lowest BCUT2D eigenvalue weighted by Crippen LogP contribution is -2.19. The van der Waals surface area contributed by atoms with Crippen molar-refractivity contribution in [2.75, 3.05) is 10.6 Å². The van der Waals surface area contributed by atoms with Gasteiger partial charge in [0.1, 0.15) is 23.0 Å². The summed E-state index contributed by atoms with van der Waals surface area (Å²) in [6.45, 7) is 3.77. The van der Waals surface area contributed by atoms with Gasteiger partial charge in [0.25, 0.3) is 11.8 Å². The number of hydrogen-bond acceptors (Lipinski definition) is 4. The largest absolute Gasteiger partial charge is 0.489 e. The molecule has 3 aromatic rings. The van der Waals surface area contributed by atoms with Crippen LogP contribution in [0.1, 0.15) is 34.8 Å². The van der Waals surface area contributed by atoms with E-state index in [4.69, 9.17) is 4.74 Å². The van der Waals surface area contributed by atoms with Crippen molar-refractivity contribution in [3.8, 4) is 5.75 Å². The summed E-state index contributed by atoms with van der Waals surface area (Å²) in [5.74, 6) is -1.14. The summed E-state index contributed by atoms with van der Waals surface area (Å²) in [6.07, 6.45) is -0.0587. The van der Waals surface area contributed by atoms with Gasteiger partial charge < -0.3 is 15.4 Å². The number of benzene rings is 2. The molecule has 0 radical (unpaired) electrons. The van der Waals surface area contributed by atoms with E-state index in [-0.39, 0.29) is 23.2 Å². The zero-order valence-electron chi connectivity index (χ0n) is 16.0. The molecule has 3 rings (SSSR count). The van der Waals surface area contributed by atoms with Crippen molar-refractivity contribution in [3.63, 3.8) is 0 Å². The van der Waals surface area contributed by atoms with Crippen LogP contribution in [0.2, 0.25) is 0 Å². The van der Waals surface area contributed by atoms with Crippen LogP contribution in [0, 0.1) is 5.82 Å². The minimum Gasteiger partial charge on any atom is -0.489 e. The second kappa shape index (κ2) is 8.97. The maximum atomic E-state index is 13.7. The summed E-state index contributed by atoms with van der Waals surface area (Å²) >= 11 is 0. The highest BCUT2D eigenvalue weighted by molar-refractivity contribution is 6.06. The van der Waals surface area contributed by atoms with Crippen LogP contribution < -0.4 is 15.4 Å². The summed E-state index contributed by atoms with van der Waals surface area (Å²) in [6, 6.07) is 17.3. The van der Waals surface area contributed by atoms with Crippen LogP contribution in [0.3, 0.4) is 0 Å². The Labute approximate surface area is 167 Å². The molecule has 0 aliphatic heterocycles. The topological polar surface area (TPSA) is 80.3 Å². The Morgan fingerprint density at radius 3 is 2.00 bits per heavy atom. The van der Waals surface area contributed by atoms with Gasteiger partial charge in [-0.05, 0) is 50.2 Å². The van der Waals surface area contributed by atoms with Crippen LogP contribution in [0.15, 0.2) is 66.7 Å². The van der Waals surface area contributed by atoms with Gasteiger partial charge in [0.2, 0.25) is 0 Å². The van der Waals surface area contributed by atoms with Crippen LogP contribution >= 0.6 is 0 Å². The fourth-order valence-electron chi connectivity index (χ4n) is 2.55. The molecule has 0 aliphatic carbocycles. The van der Waals surface area contributed by atoms with Crippen molar-refractivity contribution in [3.05, 3.63) is 83.9 Å². The number of amides is 2. The number of nitrogens with one attached hydrogen (secondary N) is 2. The monoisotopic (exact) mass is 393 g/mol. The average molecular weight is 393 g/mol. The third-order valence-electron chi connectivity index (χ3n) is 3.83. The molecule has 0 saturated carbocycles. The lowest BCUT2D eigenvalue weighted by atomic mass is 10.2. The standard InChI is InChI=1S/C22H20FN3O3/c1-14(2)29-20-13-6-5-10-17(20)26-22(28)19-12-7-11-18(24-19)21(27)25-16-9-4-3-8-15(16)23/h3-14H,1-2H3,(H,25,27)(H,26,28). The molecule has 1 aromatic heterocycles. The first-order chi connectivity index (χ1) is 13.9. The van der Waals surface area contributed by atoms with Crippen molar-refractivity contribution >= 4 is 23.2 Å². The average Bonchev–Trinajstić information content (AvgIpc) is 2.71. The molecule has 2 N–H and O–H groups in total. The van der Waals surface area contributed by atoms with Gasteiger partial charge in [0.05, 0.1) is 17.5 Å². The van der Waals surface area contributed by atoms with Gasteiger partial charge in [-0.3, -0.25) is 9.59 Å². The summed E-state index contributed by atoms with van der Waals surface area (Å²) in [7, 11) is 0. The van der Waals surface area contributed by atoms with Crippen LogP contribution in [0.5, 0.6) is 5.75 Å². The van der Waals surface area contributed by atoms with E-state index in [2.05, 4.69) is 15.6 Å². The molecule has 1 heterocycles. The zero-order valence-corrected chi connectivity index (χ0v) is 16.0. The Balaban J connectivity index is 1.76. The predicted molar refractivity (Wildman–Crippen MR) is 109 cm³/mol. The van der Waals surface area contributed by atoms with Gasteiger partial charge in [-0.2, -0.15) is 0 Å². The number of para-hydroxylation sites is 3. The van der Waals surface area contributed by atoms with Crippen LogP contribution in [-0.2, 0) is 0 Å². The molecule has 29 heavy (non-hydrogen) atoms. The number of rotatable bonds is 6. The number of carbonyl (C=O) groups excluding carboxylic acids is 2. The summed E-state index contributed by atoms with van der Waals surface area (Å²) < 4.78 is 19.4. The van der Waals surface area contributed by atoms with E-state index in [1.165, 1.54) is 36.4 Å². The quantitative estimate of drug-likeness (QED) is 0.646. The van der Waals surface area contributed by atoms with Crippen LogP contribution in [0.25, 0.3) is 0 Å². The predicted octanol–water partition coefficient (Wildman–Crippen LogP) is 4.51. The van der Waals surface area contributed by atoms with E-state index < -0.39 is 17.6 Å². The Hall–Kier alpha value is -3.74. The molecule has 7 heteroatoms. The SMILES string of the molecule is CC(C)Oc1ccccc1NC(=O)c1cccc(C(=O)Nc2ccccc2F)n1. The van der Waals surface area contributed by atoms with Gasteiger partial charge in [-0.15, -0.1) is 0 Å². The number of ether oxygens (including phenoxy) is 1. The highest BCUT2D eigenvalue weighted by Gasteiger charge is 2.15. The second-order valence-electron chi connectivity index (χ2n) is 6.46. The Morgan fingerprint density at radius 2 is 1.38 bits per heavy atom. The fourth-order valence-corrected chi connectivity index (χ4v) is 2.55. The number of aromatic nitrogens is 1. The van der Waals surface area contributed by atoms with E-state index >= 15 is 0 Å². The molecular formula is C22H20FN3O3. The van der Waals surface area contributed by atoms with Gasteiger partial charge in [0, 0.05) is 0 Å². The first kappa shape index (κ1) is 20.0. The minimum absolute atomic E-state index is 0.00683. The normalized spacial score (nSPS) is 10.5. The first-order valence-electron chi connectivity index (χ1n) is 9.04. The summed E-state index contributed by atoms with van der Waals surface area (Å²) in [4.78, 5) is 29.1. The molecule has 0 bridgehead atoms. The van der Waals surface area contributed by atoms with Gasteiger partial charge >= 0.3 is 0 Å². The Morgan fingerprint density at radius 1 is 0.828 bits per heavy atom. The van der Waals surface area contributed by atoms with Crippen molar-refractivity contribution in [1.29, 1.82) is 0 Å². The summed E-state index contributed by atoms with van der Waals surface area (Å²) in [5, 5.41) is 5.18. The Bertz CT molecular complexity index is 1040. The number of hydrogen-bond donors (Lipinski definition) is 2. The van der Waals surface area contributed by atoms with E-state index in [0.29, 0.717) is 11.4 Å². The van der Waals surface area contributed by atoms with Crippen molar-refractivity contribution in [2.24, 2.45) is 0 Å². The highest BCUT2D eigenvalue weighted by Crippen LogP contribution is 2.25. The van der Waals surface area contributed by atoms with Gasteiger partial charge in [-0.25, -0.2) is 9.37 Å². The van der Waals surface area contributed by atoms with Crippen molar-refractivity contribution < 1.29 is 18.7 Å². The molecule has 0 aliphatic rings. The lowest BCUT2D eigenvalue weighted by molar-refractivity contribution is 0.101. The maximum absolute atomic E-state index is 13.7. The number of nitrogens with zero attached hydrogens (tertiary/aromatic N) is 1. The molecule has 0 spiro atoms. The van der Waals surface area contributed by atoms with Gasteiger partial charge in [-0.1, -0.05) is 30.3 Å². The molecule has 0 unspecified atom stereocenters. The number of carbonyl (C=O) groups is 2. The molecule has 2 aromatic carbocycles. The molecule has 0 saturated heterocycles. The molecule has 2 amide bonds. The van der Waals surface area contributed by atoms with Crippen molar-refractivity contribution in [1.82, 2.24) is 4.98 Å². The molecule has 6 nitrogen and oxygen atoms in total. The summed E-state index contributed by atoms with van der Waals surface area (Å²) in [5.41, 5.74) is 0.571. The van der Waals surface area contributed by atoms with E-state index in [9.17, 15) is 14.0 Å². The lowest BCUT2D eigenvalue weighted by Gasteiger charge is -2.14. The van der Waals surface area contributed by atoms with Crippen LogP contribution in [0.4, 0.5) is 15.8 Å². The smallest absolute Gasteiger partial charge is 0.274 e. The molecule has 148 valence electrons. The highest BCUT2D eigenvalue weighted by atomic mass is 19.1. The molecule has 0 fully saturated rings. The molecule has 0 atom stereocenters. The van der Waals surface area contributed by atoms with Gasteiger partial charge in [0.15, 0.2) is 0 Å².